The fourth-order valence-electron chi connectivity index (χ4n) is 3.72. The Morgan fingerprint density at radius 2 is 2.00 bits per heavy atom. The second kappa shape index (κ2) is 7.74. The van der Waals surface area contributed by atoms with Crippen LogP contribution in [0, 0.1) is 13.8 Å². The van der Waals surface area contributed by atoms with Crippen molar-refractivity contribution in [3.8, 4) is 11.3 Å². The van der Waals surface area contributed by atoms with E-state index in [9.17, 15) is 4.79 Å². The molecule has 154 valence electrons. The lowest BCUT2D eigenvalue weighted by Gasteiger charge is -2.15. The fourth-order valence-corrected chi connectivity index (χ4v) is 3.72. The number of carbonyl (C=O) groups is 1. The molecule has 0 bridgehead atoms. The van der Waals surface area contributed by atoms with Crippen molar-refractivity contribution >= 4 is 16.8 Å². The summed E-state index contributed by atoms with van der Waals surface area (Å²) in [6.45, 7) is 8.79. The lowest BCUT2D eigenvalue weighted by molar-refractivity contribution is 0.0941. The van der Waals surface area contributed by atoms with Crippen LogP contribution in [0.2, 0.25) is 0 Å². The number of hydrogen-bond acceptors (Lipinski definition) is 4. The van der Waals surface area contributed by atoms with E-state index < -0.39 is 0 Å². The molecular formula is C23H26N6O. The molecule has 1 aromatic carbocycles. The van der Waals surface area contributed by atoms with Crippen LogP contribution in [-0.2, 0) is 13.6 Å². The summed E-state index contributed by atoms with van der Waals surface area (Å²) >= 11 is 0. The number of para-hydroxylation sites is 1. The maximum Gasteiger partial charge on any atom is 0.252 e. The largest absolute Gasteiger partial charge is 0.345 e. The molecule has 0 aliphatic carbocycles. The Hall–Kier alpha value is -3.48. The summed E-state index contributed by atoms with van der Waals surface area (Å²) in [7, 11) is 1.90. The van der Waals surface area contributed by atoms with Gasteiger partial charge in [-0.05, 0) is 39.8 Å². The summed E-state index contributed by atoms with van der Waals surface area (Å²) < 4.78 is 3.70. The number of aryl methyl sites for hydroxylation is 3. The van der Waals surface area contributed by atoms with Crippen LogP contribution in [0.1, 0.15) is 47.2 Å². The minimum atomic E-state index is -0.159. The molecule has 1 N–H and O–H groups in total. The van der Waals surface area contributed by atoms with Crippen LogP contribution in [0.15, 0.2) is 42.7 Å². The summed E-state index contributed by atoms with van der Waals surface area (Å²) in [5.41, 5.74) is 6.00. The highest BCUT2D eigenvalue weighted by Crippen LogP contribution is 2.27. The highest BCUT2D eigenvalue weighted by Gasteiger charge is 2.20. The van der Waals surface area contributed by atoms with Gasteiger partial charge in [0.15, 0.2) is 0 Å². The molecule has 0 saturated carbocycles. The van der Waals surface area contributed by atoms with E-state index in [-0.39, 0.29) is 11.9 Å². The molecule has 3 heterocycles. The van der Waals surface area contributed by atoms with Crippen LogP contribution in [0.25, 0.3) is 22.2 Å². The smallest absolute Gasteiger partial charge is 0.252 e. The van der Waals surface area contributed by atoms with Gasteiger partial charge in [0.1, 0.15) is 0 Å². The van der Waals surface area contributed by atoms with Crippen LogP contribution < -0.4 is 5.32 Å². The standard InChI is InChI=1S/C23H26N6O/c1-6-29-13-20(15(3)27-29)14(2)25-23(30)18-11-22(19-12-24-28(5)16(19)4)26-21-10-8-7-9-17(18)21/h7-14H,6H2,1-5H3,(H,25,30). The second-order valence-electron chi connectivity index (χ2n) is 7.56. The van der Waals surface area contributed by atoms with E-state index in [1.165, 1.54) is 0 Å². The van der Waals surface area contributed by atoms with Crippen molar-refractivity contribution in [2.45, 2.75) is 40.3 Å². The van der Waals surface area contributed by atoms with E-state index in [2.05, 4.69) is 15.5 Å². The Labute approximate surface area is 175 Å². The zero-order valence-electron chi connectivity index (χ0n) is 18.0. The molecule has 1 atom stereocenters. The molecule has 1 amide bonds. The van der Waals surface area contributed by atoms with Crippen LogP contribution in [0.3, 0.4) is 0 Å². The third-order valence-corrected chi connectivity index (χ3v) is 5.59. The molecule has 4 aromatic rings. The van der Waals surface area contributed by atoms with E-state index in [1.807, 2.05) is 80.6 Å². The van der Waals surface area contributed by atoms with Crippen molar-refractivity contribution in [1.82, 2.24) is 29.9 Å². The third-order valence-electron chi connectivity index (χ3n) is 5.59. The van der Waals surface area contributed by atoms with E-state index in [0.29, 0.717) is 5.56 Å². The lowest BCUT2D eigenvalue weighted by Crippen LogP contribution is -2.27. The van der Waals surface area contributed by atoms with Crippen molar-refractivity contribution in [2.75, 3.05) is 0 Å². The summed E-state index contributed by atoms with van der Waals surface area (Å²) in [5, 5.41) is 12.8. The summed E-state index contributed by atoms with van der Waals surface area (Å²) in [6, 6.07) is 9.42. The maximum absolute atomic E-state index is 13.3. The summed E-state index contributed by atoms with van der Waals surface area (Å²) in [6.07, 6.45) is 3.79. The van der Waals surface area contributed by atoms with E-state index in [1.54, 1.807) is 6.20 Å². The van der Waals surface area contributed by atoms with Crippen molar-refractivity contribution in [3.63, 3.8) is 0 Å². The monoisotopic (exact) mass is 402 g/mol. The molecule has 0 radical (unpaired) electrons. The molecule has 0 aliphatic rings. The van der Waals surface area contributed by atoms with Gasteiger partial charge in [-0.15, -0.1) is 0 Å². The first kappa shape index (κ1) is 19.8. The SMILES string of the molecule is CCn1cc(C(C)NC(=O)c2cc(-c3cnn(C)c3C)nc3ccccc23)c(C)n1. The number of amides is 1. The maximum atomic E-state index is 13.3. The highest BCUT2D eigenvalue weighted by molar-refractivity contribution is 6.07. The average molecular weight is 403 g/mol. The Morgan fingerprint density at radius 3 is 2.67 bits per heavy atom. The van der Waals surface area contributed by atoms with Gasteiger partial charge in [0.05, 0.1) is 34.7 Å². The van der Waals surface area contributed by atoms with Crippen LogP contribution in [-0.4, -0.2) is 30.5 Å². The number of pyridine rings is 1. The first-order chi connectivity index (χ1) is 14.4. The van der Waals surface area contributed by atoms with Gasteiger partial charge in [0, 0.05) is 42.0 Å². The molecule has 30 heavy (non-hydrogen) atoms. The minimum absolute atomic E-state index is 0.132. The van der Waals surface area contributed by atoms with E-state index in [0.717, 1.165) is 45.7 Å². The Bertz CT molecular complexity index is 1240. The van der Waals surface area contributed by atoms with Gasteiger partial charge in [-0.1, -0.05) is 18.2 Å². The molecule has 0 aliphatic heterocycles. The predicted molar refractivity (Wildman–Crippen MR) is 117 cm³/mol. The first-order valence-electron chi connectivity index (χ1n) is 10.1. The molecule has 7 nitrogen and oxygen atoms in total. The first-order valence-corrected chi connectivity index (χ1v) is 10.1. The van der Waals surface area contributed by atoms with E-state index >= 15 is 0 Å². The summed E-state index contributed by atoms with van der Waals surface area (Å²) in [4.78, 5) is 18.1. The van der Waals surface area contributed by atoms with Gasteiger partial charge < -0.3 is 5.32 Å². The van der Waals surface area contributed by atoms with E-state index in [4.69, 9.17) is 4.98 Å². The van der Waals surface area contributed by atoms with Crippen LogP contribution >= 0.6 is 0 Å². The number of fused-ring (bicyclic) bond motifs is 1. The number of carbonyl (C=O) groups excluding carboxylic acids is 1. The average Bonchev–Trinajstić information content (AvgIpc) is 3.29. The minimum Gasteiger partial charge on any atom is -0.345 e. The third kappa shape index (κ3) is 3.47. The zero-order valence-corrected chi connectivity index (χ0v) is 18.0. The quantitative estimate of drug-likeness (QED) is 0.548. The fraction of sp³-hybridized carbons (Fsp3) is 0.304. The molecule has 4 rings (SSSR count). The van der Waals surface area contributed by atoms with Gasteiger partial charge in [0.2, 0.25) is 0 Å². The molecule has 0 spiro atoms. The number of hydrogen-bond donors (Lipinski definition) is 1. The number of benzene rings is 1. The molecule has 0 saturated heterocycles. The van der Waals surface area contributed by atoms with Crippen molar-refractivity contribution in [2.24, 2.45) is 7.05 Å². The van der Waals surface area contributed by atoms with Gasteiger partial charge in [-0.3, -0.25) is 14.2 Å². The Balaban J connectivity index is 1.74. The number of nitrogens with one attached hydrogen (secondary N) is 1. The van der Waals surface area contributed by atoms with Crippen LogP contribution in [0.5, 0.6) is 0 Å². The van der Waals surface area contributed by atoms with Gasteiger partial charge in [-0.2, -0.15) is 10.2 Å². The number of nitrogens with zero attached hydrogens (tertiary/aromatic N) is 5. The normalized spacial score (nSPS) is 12.3. The Morgan fingerprint density at radius 1 is 1.23 bits per heavy atom. The molecule has 7 heteroatoms. The van der Waals surface area contributed by atoms with Gasteiger partial charge in [-0.25, -0.2) is 4.98 Å². The van der Waals surface area contributed by atoms with Crippen molar-refractivity contribution in [3.05, 3.63) is 65.2 Å². The molecule has 3 aromatic heterocycles. The topological polar surface area (TPSA) is 77.6 Å². The van der Waals surface area contributed by atoms with Gasteiger partial charge in [0.25, 0.3) is 5.91 Å². The molecule has 0 fully saturated rings. The summed E-state index contributed by atoms with van der Waals surface area (Å²) in [5.74, 6) is -0.132. The van der Waals surface area contributed by atoms with Gasteiger partial charge >= 0.3 is 0 Å². The van der Waals surface area contributed by atoms with Crippen LogP contribution in [0.4, 0.5) is 0 Å². The predicted octanol–water partition coefficient (Wildman–Crippen LogP) is 3.96. The molecule has 1 unspecified atom stereocenters. The Kier molecular flexibility index (Phi) is 5.11. The van der Waals surface area contributed by atoms with Crippen molar-refractivity contribution < 1.29 is 4.79 Å². The van der Waals surface area contributed by atoms with Crippen molar-refractivity contribution in [1.29, 1.82) is 0 Å². The zero-order chi connectivity index (χ0) is 21.4. The second-order valence-corrected chi connectivity index (χ2v) is 7.56. The molecular weight excluding hydrogens is 376 g/mol. The highest BCUT2D eigenvalue weighted by atomic mass is 16.1. The lowest BCUT2D eigenvalue weighted by atomic mass is 10.0. The number of aromatic nitrogens is 5. The number of rotatable bonds is 5.